The Balaban J connectivity index is 5.24. The van der Waals surface area contributed by atoms with E-state index in [1.165, 1.54) is 231 Å². The minimum Gasteiger partial charge on any atom is -0.462 e. The van der Waals surface area contributed by atoms with Crippen LogP contribution < -0.4 is 0 Å². The monoisotopic (exact) mass is 1450 g/mol. The van der Waals surface area contributed by atoms with E-state index in [0.717, 1.165) is 108 Å². The molecule has 0 radical (unpaired) electrons. The fourth-order valence-electron chi connectivity index (χ4n) is 12.3. The Kier molecular flexibility index (Phi) is 70.3. The lowest BCUT2D eigenvalue weighted by Crippen LogP contribution is -2.30. The van der Waals surface area contributed by atoms with E-state index in [-0.39, 0.29) is 25.7 Å². The van der Waals surface area contributed by atoms with Gasteiger partial charge in [0.2, 0.25) is 0 Å². The number of aliphatic hydroxyl groups excluding tert-OH is 1. The minimum absolute atomic E-state index is 0.107. The number of phosphoric ester groups is 2. The fraction of sp³-hybridized carbons (Fsp3) is 0.950. The van der Waals surface area contributed by atoms with Gasteiger partial charge in [-0.15, -0.1) is 0 Å². The molecule has 0 aliphatic carbocycles. The van der Waals surface area contributed by atoms with Gasteiger partial charge in [-0.2, -0.15) is 0 Å². The fourth-order valence-corrected chi connectivity index (χ4v) is 13.9. The standard InChI is InChI=1S/C80H156O17P2/c1-7-10-12-14-16-18-20-22-23-24-25-26-27-33-37-41-45-53-59-65-79(84)96-75(68-90-77(82)62-56-50-43-39-35-32-29-28-31-34-38-42-48-54-60-72(4)5)70-94-98(86,87)92-66-74(81)67-93-99(88,89)95-71-76(69-91-78(83)63-57-51-47-46-49-55-61-73(6)9-3)97-80(85)64-58-52-44-40-36-30-21-19-17-15-13-11-8-2/h72-76,81H,7-71H2,1-6H3,(H,86,87)(H,88,89)/t73?,74-,75-,76-/m1/s1. The van der Waals surface area contributed by atoms with Crippen LogP contribution in [0.25, 0.3) is 0 Å². The predicted octanol–water partition coefficient (Wildman–Crippen LogP) is 23.9. The smallest absolute Gasteiger partial charge is 0.462 e. The van der Waals surface area contributed by atoms with Gasteiger partial charge < -0.3 is 33.8 Å². The van der Waals surface area contributed by atoms with Crippen molar-refractivity contribution < 1.29 is 80.2 Å². The first kappa shape index (κ1) is 97.1. The number of hydrogen-bond acceptors (Lipinski definition) is 15. The summed E-state index contributed by atoms with van der Waals surface area (Å²) in [4.78, 5) is 73.0. The third-order valence-corrected chi connectivity index (χ3v) is 21.0. The highest BCUT2D eigenvalue weighted by atomic mass is 31.2. The molecular weight excluding hydrogens is 1290 g/mol. The SMILES string of the molecule is CCCCCCCCCCCCCCCCCCCCCC(=O)O[C@H](COC(=O)CCCCCCCCCCCCCCCCC(C)C)COP(=O)(O)OC[C@@H](O)COP(=O)(O)OC[C@@H](COC(=O)CCCCCCCCC(C)CC)OC(=O)CCCCCCCCCCCCCCC. The van der Waals surface area contributed by atoms with Crippen molar-refractivity contribution in [2.45, 2.75) is 439 Å². The third kappa shape index (κ3) is 72.8. The number of hydrogen-bond donors (Lipinski definition) is 3. The van der Waals surface area contributed by atoms with Crippen LogP contribution in [0.3, 0.4) is 0 Å². The van der Waals surface area contributed by atoms with Crippen LogP contribution in [0, 0.1) is 11.8 Å². The molecule has 0 aromatic heterocycles. The van der Waals surface area contributed by atoms with E-state index in [0.29, 0.717) is 25.7 Å². The van der Waals surface area contributed by atoms with E-state index in [1.807, 2.05) is 0 Å². The van der Waals surface area contributed by atoms with Gasteiger partial charge in [-0.1, -0.05) is 369 Å². The van der Waals surface area contributed by atoms with Crippen molar-refractivity contribution in [3.05, 3.63) is 0 Å². The van der Waals surface area contributed by atoms with E-state index >= 15 is 0 Å². The Hall–Kier alpha value is -1.94. The Morgan fingerprint density at radius 2 is 0.515 bits per heavy atom. The summed E-state index contributed by atoms with van der Waals surface area (Å²) in [6.45, 7) is 9.61. The van der Waals surface area contributed by atoms with Gasteiger partial charge in [0.1, 0.15) is 19.3 Å². The van der Waals surface area contributed by atoms with E-state index in [4.69, 9.17) is 37.0 Å². The molecule has 0 aromatic rings. The number of carbonyl (C=O) groups excluding carboxylic acids is 4. The zero-order chi connectivity index (χ0) is 72.8. The Labute approximate surface area is 607 Å². The summed E-state index contributed by atoms with van der Waals surface area (Å²) in [6, 6.07) is 0. The number of aliphatic hydroxyl groups is 1. The van der Waals surface area contributed by atoms with Crippen LogP contribution in [0.4, 0.5) is 0 Å². The van der Waals surface area contributed by atoms with Gasteiger partial charge in [0.25, 0.3) is 0 Å². The highest BCUT2D eigenvalue weighted by Gasteiger charge is 2.30. The first-order chi connectivity index (χ1) is 47.9. The molecule has 588 valence electrons. The molecule has 0 saturated carbocycles. The molecule has 0 amide bonds. The molecular formula is C80H156O17P2. The van der Waals surface area contributed by atoms with Crippen molar-refractivity contribution in [1.82, 2.24) is 0 Å². The average molecular weight is 1450 g/mol. The van der Waals surface area contributed by atoms with Crippen LogP contribution >= 0.6 is 15.6 Å². The summed E-state index contributed by atoms with van der Waals surface area (Å²) in [5.74, 6) is -0.580. The molecule has 0 aliphatic heterocycles. The van der Waals surface area contributed by atoms with Crippen LogP contribution in [0.15, 0.2) is 0 Å². The van der Waals surface area contributed by atoms with Gasteiger partial charge in [-0.05, 0) is 37.5 Å². The van der Waals surface area contributed by atoms with E-state index < -0.39 is 97.5 Å². The number of phosphoric acid groups is 2. The molecule has 17 nitrogen and oxygen atoms in total. The van der Waals surface area contributed by atoms with Crippen molar-refractivity contribution in [3.63, 3.8) is 0 Å². The lowest BCUT2D eigenvalue weighted by atomic mass is 10.00. The van der Waals surface area contributed by atoms with E-state index in [9.17, 15) is 43.2 Å². The van der Waals surface area contributed by atoms with Crippen LogP contribution in [0.1, 0.15) is 420 Å². The zero-order valence-electron chi connectivity index (χ0n) is 64.8. The average Bonchev–Trinajstić information content (AvgIpc) is 1.46. The van der Waals surface area contributed by atoms with Crippen LogP contribution in [-0.4, -0.2) is 96.7 Å². The Bertz CT molecular complexity index is 1910. The van der Waals surface area contributed by atoms with Crippen molar-refractivity contribution >= 4 is 39.5 Å². The number of rotatable bonds is 79. The number of carbonyl (C=O) groups is 4. The van der Waals surface area contributed by atoms with Crippen molar-refractivity contribution in [2.75, 3.05) is 39.6 Å². The second kappa shape index (κ2) is 71.7. The summed E-state index contributed by atoms with van der Waals surface area (Å²) >= 11 is 0. The Morgan fingerprint density at radius 3 is 0.768 bits per heavy atom. The maximum absolute atomic E-state index is 13.1. The molecule has 0 spiro atoms. The molecule has 19 heteroatoms. The summed E-state index contributed by atoms with van der Waals surface area (Å²) in [5.41, 5.74) is 0. The summed E-state index contributed by atoms with van der Waals surface area (Å²) in [5, 5.41) is 10.6. The van der Waals surface area contributed by atoms with Gasteiger partial charge in [0, 0.05) is 25.7 Å². The first-order valence-corrected chi connectivity index (χ1v) is 44.5. The highest BCUT2D eigenvalue weighted by Crippen LogP contribution is 2.45. The molecule has 0 heterocycles. The molecule has 3 N–H and O–H groups in total. The van der Waals surface area contributed by atoms with Gasteiger partial charge in [0.15, 0.2) is 12.2 Å². The minimum atomic E-state index is -4.96. The number of esters is 4. The Morgan fingerprint density at radius 1 is 0.293 bits per heavy atom. The summed E-state index contributed by atoms with van der Waals surface area (Å²) in [7, 11) is -9.92. The maximum Gasteiger partial charge on any atom is 0.472 e. The van der Waals surface area contributed by atoms with Crippen LogP contribution in [-0.2, 0) is 65.4 Å². The lowest BCUT2D eigenvalue weighted by molar-refractivity contribution is -0.161. The van der Waals surface area contributed by atoms with Gasteiger partial charge in [0.05, 0.1) is 26.4 Å². The molecule has 3 unspecified atom stereocenters. The maximum atomic E-state index is 13.1. The topological polar surface area (TPSA) is 237 Å². The van der Waals surface area contributed by atoms with Gasteiger partial charge in [-0.25, -0.2) is 9.13 Å². The van der Waals surface area contributed by atoms with Crippen LogP contribution in [0.2, 0.25) is 0 Å². The molecule has 99 heavy (non-hydrogen) atoms. The van der Waals surface area contributed by atoms with Gasteiger partial charge in [-0.3, -0.25) is 37.3 Å². The molecule has 0 aromatic carbocycles. The predicted molar refractivity (Wildman–Crippen MR) is 405 cm³/mol. The first-order valence-electron chi connectivity index (χ1n) is 41.5. The van der Waals surface area contributed by atoms with Crippen LogP contribution in [0.5, 0.6) is 0 Å². The second-order valence-electron chi connectivity index (χ2n) is 29.5. The quantitative estimate of drug-likeness (QED) is 0.0222. The zero-order valence-corrected chi connectivity index (χ0v) is 66.6. The lowest BCUT2D eigenvalue weighted by Gasteiger charge is -2.21. The molecule has 0 aliphatic rings. The third-order valence-electron chi connectivity index (χ3n) is 19.1. The molecule has 0 rings (SSSR count). The second-order valence-corrected chi connectivity index (χ2v) is 32.4. The number of unbranched alkanes of at least 4 members (excludes halogenated alkanes) is 48. The molecule has 0 saturated heterocycles. The largest absolute Gasteiger partial charge is 0.472 e. The highest BCUT2D eigenvalue weighted by molar-refractivity contribution is 7.47. The summed E-state index contributed by atoms with van der Waals surface area (Å²) in [6.07, 6.45) is 61.0. The van der Waals surface area contributed by atoms with E-state index in [2.05, 4.69) is 41.5 Å². The van der Waals surface area contributed by atoms with Crippen molar-refractivity contribution in [1.29, 1.82) is 0 Å². The van der Waals surface area contributed by atoms with Crippen molar-refractivity contribution in [2.24, 2.45) is 11.8 Å². The molecule has 0 fully saturated rings. The molecule has 0 bridgehead atoms. The summed E-state index contributed by atoms with van der Waals surface area (Å²) < 4.78 is 68.7. The van der Waals surface area contributed by atoms with E-state index in [1.54, 1.807) is 0 Å². The van der Waals surface area contributed by atoms with Crippen molar-refractivity contribution in [3.8, 4) is 0 Å². The normalized spacial score (nSPS) is 14.2. The number of ether oxygens (including phenoxy) is 4. The van der Waals surface area contributed by atoms with Gasteiger partial charge >= 0.3 is 39.5 Å². The molecule has 6 atom stereocenters.